The van der Waals surface area contributed by atoms with Crippen molar-refractivity contribution in [2.45, 2.75) is 17.1 Å². The Hall–Kier alpha value is -3.63. The summed E-state index contributed by atoms with van der Waals surface area (Å²) in [6, 6.07) is 24.6. The van der Waals surface area contributed by atoms with Crippen molar-refractivity contribution in [3.63, 3.8) is 0 Å². The number of carbonyl (C=O) groups excluding carboxylic acids is 3. The molecule has 42 heavy (non-hydrogen) atoms. The molecular weight excluding hydrogens is 664 g/mol. The highest BCUT2D eigenvalue weighted by atomic mass is 79.9. The van der Waals surface area contributed by atoms with Crippen LogP contribution in [-0.4, -0.2) is 23.0 Å². The highest BCUT2D eigenvalue weighted by Gasteiger charge is 2.19. The zero-order valence-corrected chi connectivity index (χ0v) is 25.9. The van der Waals surface area contributed by atoms with Gasteiger partial charge in [-0.15, -0.1) is 11.8 Å². The summed E-state index contributed by atoms with van der Waals surface area (Å²) in [6.07, 6.45) is 1.41. The number of carbonyl (C=O) groups is 3. The van der Waals surface area contributed by atoms with Gasteiger partial charge in [0.2, 0.25) is 5.91 Å². The number of rotatable bonds is 9. The molecule has 0 spiro atoms. The highest BCUT2D eigenvalue weighted by Crippen LogP contribution is 2.29. The first kappa shape index (κ1) is 31.3. The summed E-state index contributed by atoms with van der Waals surface area (Å²) in [6.45, 7) is 1.69. The summed E-state index contributed by atoms with van der Waals surface area (Å²) in [5.41, 5.74) is 1.14. The summed E-state index contributed by atoms with van der Waals surface area (Å²) < 4.78 is 14.7. The van der Waals surface area contributed by atoms with E-state index in [4.69, 9.17) is 23.2 Å². The Bertz CT molecular complexity index is 1650. The maximum Gasteiger partial charge on any atom is 0.272 e. The average molecular weight is 687 g/mol. The molecule has 11 heteroatoms. The lowest BCUT2D eigenvalue weighted by atomic mass is 10.1. The van der Waals surface area contributed by atoms with Crippen LogP contribution in [0.4, 0.5) is 15.8 Å². The molecule has 1 unspecified atom stereocenters. The molecule has 0 bridgehead atoms. The van der Waals surface area contributed by atoms with E-state index >= 15 is 0 Å². The summed E-state index contributed by atoms with van der Waals surface area (Å²) in [5, 5.41) is 8.04. The summed E-state index contributed by atoms with van der Waals surface area (Å²) >= 11 is 17.1. The molecular formula is C31H23BrCl2FN3O3S. The normalized spacial score (nSPS) is 11.9. The quantitative estimate of drug-likeness (QED) is 0.122. The molecule has 4 rings (SSSR count). The van der Waals surface area contributed by atoms with Crippen LogP contribution in [0.5, 0.6) is 0 Å². The molecule has 0 radical (unpaired) electrons. The monoisotopic (exact) mass is 685 g/mol. The molecule has 0 aliphatic rings. The van der Waals surface area contributed by atoms with Crippen LogP contribution in [0, 0.1) is 5.82 Å². The van der Waals surface area contributed by atoms with E-state index in [0.29, 0.717) is 36.2 Å². The van der Waals surface area contributed by atoms with Gasteiger partial charge in [0, 0.05) is 36.2 Å². The molecule has 0 fully saturated rings. The van der Waals surface area contributed by atoms with Crippen LogP contribution in [0.1, 0.15) is 22.8 Å². The summed E-state index contributed by atoms with van der Waals surface area (Å²) in [7, 11) is 0. The van der Waals surface area contributed by atoms with E-state index in [1.165, 1.54) is 30.0 Å². The van der Waals surface area contributed by atoms with Gasteiger partial charge in [0.1, 0.15) is 11.5 Å². The number of nitrogens with one attached hydrogen (secondary N) is 3. The third-order valence-electron chi connectivity index (χ3n) is 5.78. The zero-order valence-electron chi connectivity index (χ0n) is 22.0. The highest BCUT2D eigenvalue weighted by molar-refractivity contribution is 9.10. The number of amides is 3. The van der Waals surface area contributed by atoms with E-state index < -0.39 is 22.9 Å². The van der Waals surface area contributed by atoms with Crippen molar-refractivity contribution in [2.75, 3.05) is 10.6 Å². The van der Waals surface area contributed by atoms with Crippen molar-refractivity contribution >= 4 is 86.1 Å². The number of hydrogen-bond donors (Lipinski definition) is 3. The minimum absolute atomic E-state index is 0.0761. The number of thioether (sulfide) groups is 1. The van der Waals surface area contributed by atoms with E-state index in [1.807, 2.05) is 0 Å². The van der Waals surface area contributed by atoms with Crippen molar-refractivity contribution in [1.29, 1.82) is 0 Å². The average Bonchev–Trinajstić information content (AvgIpc) is 2.96. The Kier molecular flexibility index (Phi) is 10.8. The molecule has 6 nitrogen and oxygen atoms in total. The van der Waals surface area contributed by atoms with Crippen molar-refractivity contribution < 1.29 is 18.8 Å². The third-order valence-corrected chi connectivity index (χ3v) is 8.03. The summed E-state index contributed by atoms with van der Waals surface area (Å²) in [5.74, 6) is -2.05. The Morgan fingerprint density at radius 3 is 2.26 bits per heavy atom. The first-order chi connectivity index (χ1) is 20.1. The topological polar surface area (TPSA) is 87.3 Å². The first-order valence-corrected chi connectivity index (χ1v) is 14.9. The Balaban J connectivity index is 1.51. The van der Waals surface area contributed by atoms with Crippen LogP contribution in [0.25, 0.3) is 6.08 Å². The zero-order chi connectivity index (χ0) is 30.2. The maximum absolute atomic E-state index is 14.2. The molecule has 1 atom stereocenters. The fraction of sp³-hybridized carbons (Fsp3) is 0.0645. The molecule has 0 saturated heterocycles. The second-order valence-electron chi connectivity index (χ2n) is 8.87. The maximum atomic E-state index is 14.2. The molecule has 3 amide bonds. The van der Waals surface area contributed by atoms with Gasteiger partial charge in [-0.2, -0.15) is 0 Å². The SMILES string of the molecule is CC(Sc1cccc(NC(=O)/C(=C\c2c(Cl)cccc2Cl)NC(=O)c2ccccc2)c1)C(=O)Nc1ccc(Br)cc1F. The van der Waals surface area contributed by atoms with E-state index in [2.05, 4.69) is 31.9 Å². The lowest BCUT2D eigenvalue weighted by Gasteiger charge is -2.15. The number of halogens is 4. The predicted molar refractivity (Wildman–Crippen MR) is 171 cm³/mol. The van der Waals surface area contributed by atoms with E-state index in [0.717, 1.165) is 0 Å². The van der Waals surface area contributed by atoms with Gasteiger partial charge < -0.3 is 16.0 Å². The van der Waals surface area contributed by atoms with Gasteiger partial charge in [0.05, 0.1) is 10.9 Å². The van der Waals surface area contributed by atoms with Gasteiger partial charge in [0.15, 0.2) is 0 Å². The molecule has 4 aromatic carbocycles. The number of benzene rings is 4. The van der Waals surface area contributed by atoms with Crippen LogP contribution < -0.4 is 16.0 Å². The Morgan fingerprint density at radius 2 is 1.57 bits per heavy atom. The molecule has 0 aromatic heterocycles. The molecule has 0 saturated carbocycles. The van der Waals surface area contributed by atoms with Crippen LogP contribution in [-0.2, 0) is 9.59 Å². The van der Waals surface area contributed by atoms with Crippen LogP contribution in [0.15, 0.2) is 106 Å². The molecule has 4 aromatic rings. The van der Waals surface area contributed by atoms with Gasteiger partial charge in [-0.25, -0.2) is 4.39 Å². The molecule has 3 N–H and O–H groups in total. The minimum Gasteiger partial charge on any atom is -0.323 e. The van der Waals surface area contributed by atoms with Crippen molar-refractivity contribution in [3.05, 3.63) is 128 Å². The van der Waals surface area contributed by atoms with Crippen LogP contribution in [0.3, 0.4) is 0 Å². The second-order valence-corrected chi connectivity index (χ2v) is 12.0. The lowest BCUT2D eigenvalue weighted by Crippen LogP contribution is -2.30. The fourth-order valence-corrected chi connectivity index (χ4v) is 5.43. The third kappa shape index (κ3) is 8.45. The van der Waals surface area contributed by atoms with Crippen molar-refractivity contribution in [2.24, 2.45) is 0 Å². The smallest absolute Gasteiger partial charge is 0.272 e. The predicted octanol–water partition coefficient (Wildman–Crippen LogP) is 8.42. The van der Waals surface area contributed by atoms with E-state index in [-0.39, 0.29) is 17.3 Å². The number of hydrogen-bond acceptors (Lipinski definition) is 4. The first-order valence-electron chi connectivity index (χ1n) is 12.5. The standard InChI is InChI=1S/C31H23BrCl2FN3O3S/c1-18(29(39)37-27-14-13-20(32)15-26(27)35)42-22-10-5-9-21(16-22)36-31(41)28(17-23-24(33)11-6-12-25(23)34)38-30(40)19-7-3-2-4-8-19/h2-18H,1H3,(H,36,41)(H,37,39)(H,38,40)/b28-17+. The van der Waals surface area contributed by atoms with Crippen molar-refractivity contribution in [1.82, 2.24) is 5.32 Å². The van der Waals surface area contributed by atoms with Gasteiger partial charge in [0.25, 0.3) is 11.8 Å². The molecule has 0 heterocycles. The van der Waals surface area contributed by atoms with Gasteiger partial charge in [-0.05, 0) is 73.7 Å². The molecule has 0 aliphatic heterocycles. The van der Waals surface area contributed by atoms with Crippen LogP contribution >= 0.6 is 50.9 Å². The van der Waals surface area contributed by atoms with E-state index in [1.54, 1.807) is 85.8 Å². The number of anilines is 2. The molecule has 214 valence electrons. The van der Waals surface area contributed by atoms with E-state index in [9.17, 15) is 18.8 Å². The van der Waals surface area contributed by atoms with Gasteiger partial charge in [-0.3, -0.25) is 14.4 Å². The Labute approximate surface area is 264 Å². The van der Waals surface area contributed by atoms with Gasteiger partial charge >= 0.3 is 0 Å². The van der Waals surface area contributed by atoms with Gasteiger partial charge in [-0.1, -0.05) is 69.5 Å². The second kappa shape index (κ2) is 14.5. The fourth-order valence-electron chi connectivity index (χ4n) is 3.66. The van der Waals surface area contributed by atoms with Crippen molar-refractivity contribution in [3.8, 4) is 0 Å². The minimum atomic E-state index is -0.617. The van der Waals surface area contributed by atoms with Crippen LogP contribution in [0.2, 0.25) is 10.0 Å². The largest absolute Gasteiger partial charge is 0.323 e. The Morgan fingerprint density at radius 1 is 0.881 bits per heavy atom. The molecule has 0 aliphatic carbocycles. The summed E-state index contributed by atoms with van der Waals surface area (Å²) in [4.78, 5) is 39.7. The lowest BCUT2D eigenvalue weighted by molar-refractivity contribution is -0.115.